The molecule has 33 heavy (non-hydrogen) atoms. The Morgan fingerprint density at radius 2 is 1.79 bits per heavy atom. The van der Waals surface area contributed by atoms with Crippen LogP contribution in [0, 0.1) is 6.92 Å². The van der Waals surface area contributed by atoms with Crippen molar-refractivity contribution in [2.24, 2.45) is 0 Å². The number of hydrogen-bond acceptors (Lipinski definition) is 4. The number of aryl methyl sites for hydroxylation is 2. The minimum Gasteiger partial charge on any atom is -0.494 e. The number of nitrogens with one attached hydrogen (secondary N) is 1. The van der Waals surface area contributed by atoms with Crippen LogP contribution in [0.3, 0.4) is 0 Å². The Balaban J connectivity index is 1.47. The van der Waals surface area contributed by atoms with E-state index in [-0.39, 0.29) is 11.0 Å². The fraction of sp³-hybridized carbons (Fsp3) is 0.346. The van der Waals surface area contributed by atoms with E-state index in [0.717, 1.165) is 40.6 Å². The largest absolute Gasteiger partial charge is 0.494 e. The van der Waals surface area contributed by atoms with Crippen molar-refractivity contribution in [1.29, 1.82) is 0 Å². The highest BCUT2D eigenvalue weighted by Gasteiger charge is 2.15. The van der Waals surface area contributed by atoms with Gasteiger partial charge in [0.15, 0.2) is 11.5 Å². The summed E-state index contributed by atoms with van der Waals surface area (Å²) < 4.78 is 7.53. The van der Waals surface area contributed by atoms with E-state index in [4.69, 9.17) is 21.3 Å². The maximum atomic E-state index is 12.0. The van der Waals surface area contributed by atoms with Gasteiger partial charge in [-0.2, -0.15) is 0 Å². The van der Waals surface area contributed by atoms with Gasteiger partial charge < -0.3 is 4.74 Å². The van der Waals surface area contributed by atoms with Crippen molar-refractivity contribution < 1.29 is 4.74 Å². The van der Waals surface area contributed by atoms with Crippen molar-refractivity contribution in [3.63, 3.8) is 0 Å². The third-order valence-corrected chi connectivity index (χ3v) is 6.05. The number of hydrogen-bond donors (Lipinski definition) is 1. The number of H-pyrrole nitrogens is 1. The van der Waals surface area contributed by atoms with Crippen LogP contribution in [0.2, 0.25) is 5.02 Å². The first-order chi connectivity index (χ1) is 15.7. The monoisotopic (exact) mass is 464 g/mol. The van der Waals surface area contributed by atoms with Gasteiger partial charge in [0.2, 0.25) is 0 Å². The zero-order valence-corrected chi connectivity index (χ0v) is 20.2. The number of rotatable bonds is 7. The van der Waals surface area contributed by atoms with Crippen molar-refractivity contribution in [2.45, 2.75) is 52.4 Å². The average molecular weight is 465 g/mol. The molecule has 0 spiro atoms. The molecule has 172 valence electrons. The molecule has 0 radical (unpaired) electrons. The number of unbranched alkanes of at least 4 members (excludes halogenated alkanes) is 1. The molecule has 0 saturated carbocycles. The SMILES string of the molecule is Cc1cc(OCCCCc2nc(-c3ccc(C(C)(C)C)cc3)nc3cc(=O)[nH]n23)ccc1Cl. The van der Waals surface area contributed by atoms with Crippen molar-refractivity contribution >= 4 is 17.2 Å². The molecule has 0 bridgehead atoms. The van der Waals surface area contributed by atoms with Gasteiger partial charge in [0, 0.05) is 23.1 Å². The molecule has 2 heterocycles. The van der Waals surface area contributed by atoms with Crippen LogP contribution in [-0.4, -0.2) is 26.2 Å². The van der Waals surface area contributed by atoms with Crippen molar-refractivity contribution in [3.05, 3.63) is 80.9 Å². The molecular formula is C26H29ClN4O2. The summed E-state index contributed by atoms with van der Waals surface area (Å²) in [5.41, 5.74) is 3.65. The molecule has 0 atom stereocenters. The smallest absolute Gasteiger partial charge is 0.266 e. The number of fused-ring (bicyclic) bond motifs is 1. The molecule has 0 fully saturated rings. The van der Waals surface area contributed by atoms with Crippen LogP contribution in [-0.2, 0) is 11.8 Å². The number of benzene rings is 2. The highest BCUT2D eigenvalue weighted by molar-refractivity contribution is 6.31. The van der Waals surface area contributed by atoms with Gasteiger partial charge in [0.1, 0.15) is 11.6 Å². The summed E-state index contributed by atoms with van der Waals surface area (Å²) in [6, 6.07) is 15.5. The molecule has 0 unspecified atom stereocenters. The first-order valence-corrected chi connectivity index (χ1v) is 11.6. The van der Waals surface area contributed by atoms with Gasteiger partial charge in [-0.3, -0.25) is 9.89 Å². The van der Waals surface area contributed by atoms with Gasteiger partial charge in [0.05, 0.1) is 6.61 Å². The molecule has 4 aromatic rings. The Kier molecular flexibility index (Phi) is 6.56. The summed E-state index contributed by atoms with van der Waals surface area (Å²) in [5.74, 6) is 2.22. The Hall–Kier alpha value is -3.12. The van der Waals surface area contributed by atoms with Gasteiger partial charge in [-0.15, -0.1) is 0 Å². The fourth-order valence-corrected chi connectivity index (χ4v) is 3.78. The first-order valence-electron chi connectivity index (χ1n) is 11.2. The van der Waals surface area contributed by atoms with E-state index in [9.17, 15) is 4.79 Å². The summed E-state index contributed by atoms with van der Waals surface area (Å²) in [6.07, 6.45) is 2.41. The Morgan fingerprint density at radius 3 is 2.48 bits per heavy atom. The van der Waals surface area contributed by atoms with Gasteiger partial charge in [0.25, 0.3) is 5.56 Å². The molecule has 2 aromatic carbocycles. The van der Waals surface area contributed by atoms with E-state index >= 15 is 0 Å². The third kappa shape index (κ3) is 5.45. The highest BCUT2D eigenvalue weighted by Crippen LogP contribution is 2.25. The minimum absolute atomic E-state index is 0.0786. The fourth-order valence-electron chi connectivity index (χ4n) is 3.66. The molecule has 7 heteroatoms. The first kappa shape index (κ1) is 23.1. The van der Waals surface area contributed by atoms with Crippen molar-refractivity contribution in [3.8, 4) is 17.1 Å². The van der Waals surface area contributed by atoms with E-state index in [1.807, 2.05) is 37.3 Å². The minimum atomic E-state index is -0.188. The molecule has 4 rings (SSSR count). The van der Waals surface area contributed by atoms with Crippen molar-refractivity contribution in [1.82, 2.24) is 19.6 Å². The zero-order valence-electron chi connectivity index (χ0n) is 19.5. The molecule has 1 N–H and O–H groups in total. The number of aromatic nitrogens is 4. The normalized spacial score (nSPS) is 11.8. The van der Waals surface area contributed by atoms with Crippen LogP contribution in [0.4, 0.5) is 0 Å². The lowest BCUT2D eigenvalue weighted by atomic mass is 9.87. The topological polar surface area (TPSA) is 72.3 Å². The lowest BCUT2D eigenvalue weighted by molar-refractivity contribution is 0.306. The van der Waals surface area contributed by atoms with E-state index in [0.29, 0.717) is 24.5 Å². The van der Waals surface area contributed by atoms with E-state index in [1.165, 1.54) is 11.6 Å². The summed E-state index contributed by atoms with van der Waals surface area (Å²) in [7, 11) is 0. The molecule has 0 saturated heterocycles. The standard InChI is InChI=1S/C26H29ClN4O2/c1-17-15-20(12-13-21(17)27)33-14-6-5-7-22-28-25(29-23-16-24(32)30-31(22)23)18-8-10-19(11-9-18)26(2,3)4/h8-13,15-16H,5-7,14H2,1-4H3,(H,30,32). The summed E-state index contributed by atoms with van der Waals surface area (Å²) in [4.78, 5) is 21.3. The van der Waals surface area contributed by atoms with Crippen LogP contribution in [0.15, 0.2) is 53.3 Å². The molecule has 0 aliphatic carbocycles. The lowest BCUT2D eigenvalue weighted by Crippen LogP contribution is -2.11. The quantitative estimate of drug-likeness (QED) is 0.354. The summed E-state index contributed by atoms with van der Waals surface area (Å²) >= 11 is 6.07. The second-order valence-corrected chi connectivity index (χ2v) is 9.73. The number of aromatic amines is 1. The number of halogens is 1. The van der Waals surface area contributed by atoms with Crippen LogP contribution in [0.5, 0.6) is 5.75 Å². The number of ether oxygens (including phenoxy) is 1. The van der Waals surface area contributed by atoms with E-state index < -0.39 is 0 Å². The van der Waals surface area contributed by atoms with E-state index in [2.05, 4.69) is 43.0 Å². The van der Waals surface area contributed by atoms with Crippen LogP contribution in [0.1, 0.15) is 50.6 Å². The average Bonchev–Trinajstić information content (AvgIpc) is 3.15. The highest BCUT2D eigenvalue weighted by atomic mass is 35.5. The Labute approximate surface area is 198 Å². The van der Waals surface area contributed by atoms with Crippen molar-refractivity contribution in [2.75, 3.05) is 6.61 Å². The molecule has 6 nitrogen and oxygen atoms in total. The molecule has 2 aromatic heterocycles. The van der Waals surface area contributed by atoms with Crippen LogP contribution < -0.4 is 10.3 Å². The van der Waals surface area contributed by atoms with Gasteiger partial charge in [-0.25, -0.2) is 14.5 Å². The van der Waals surface area contributed by atoms with E-state index in [1.54, 1.807) is 4.52 Å². The predicted octanol–water partition coefficient (Wildman–Crippen LogP) is 5.75. The third-order valence-electron chi connectivity index (χ3n) is 5.63. The van der Waals surface area contributed by atoms with Crippen LogP contribution in [0.25, 0.3) is 17.0 Å². The summed E-state index contributed by atoms with van der Waals surface area (Å²) in [6.45, 7) is 9.12. The second-order valence-electron chi connectivity index (χ2n) is 9.32. The molecule has 0 aliphatic rings. The summed E-state index contributed by atoms with van der Waals surface area (Å²) in [5, 5.41) is 3.54. The maximum absolute atomic E-state index is 12.0. The molecule has 0 amide bonds. The molecule has 0 aliphatic heterocycles. The predicted molar refractivity (Wildman–Crippen MR) is 132 cm³/mol. The lowest BCUT2D eigenvalue weighted by Gasteiger charge is -2.19. The second kappa shape index (κ2) is 9.40. The number of nitrogens with zero attached hydrogens (tertiary/aromatic N) is 3. The van der Waals surface area contributed by atoms with Crippen LogP contribution >= 0.6 is 11.6 Å². The zero-order chi connectivity index (χ0) is 23.6. The Morgan fingerprint density at radius 1 is 1.03 bits per heavy atom. The van der Waals surface area contributed by atoms with Gasteiger partial charge in [-0.05, 0) is 54.5 Å². The Bertz CT molecular complexity index is 1320. The molecular weight excluding hydrogens is 436 g/mol. The maximum Gasteiger partial charge on any atom is 0.266 e. The van der Waals surface area contributed by atoms with Gasteiger partial charge >= 0.3 is 0 Å². The van der Waals surface area contributed by atoms with Gasteiger partial charge in [-0.1, -0.05) is 56.6 Å².